The van der Waals surface area contributed by atoms with Crippen LogP contribution in [0.4, 0.5) is 0 Å². The molecule has 0 spiro atoms. The second-order valence-electron chi connectivity index (χ2n) is 5.82. The molecular weight excluding hydrogens is 388 g/mol. The summed E-state index contributed by atoms with van der Waals surface area (Å²) in [7, 11) is 1.57. The number of hydrogen-bond acceptors (Lipinski definition) is 5. The average molecular weight is 409 g/mol. The van der Waals surface area contributed by atoms with Crippen LogP contribution in [-0.4, -0.2) is 52.4 Å². The first-order valence-electron chi connectivity index (χ1n) is 8.27. The topological polar surface area (TPSA) is 69.5 Å². The van der Waals surface area contributed by atoms with E-state index in [1.54, 1.807) is 31.9 Å². The second kappa shape index (κ2) is 7.86. The smallest absolute Gasteiger partial charge is 0.254 e. The number of aromatic nitrogens is 3. The van der Waals surface area contributed by atoms with E-state index in [1.165, 1.54) is 0 Å². The van der Waals surface area contributed by atoms with Crippen molar-refractivity contribution in [3.63, 3.8) is 0 Å². The van der Waals surface area contributed by atoms with Crippen molar-refractivity contribution in [1.29, 1.82) is 0 Å². The largest absolute Gasteiger partial charge is 0.493 e. The highest BCUT2D eigenvalue weighted by molar-refractivity contribution is 9.10. The molecule has 1 aliphatic rings. The van der Waals surface area contributed by atoms with Crippen molar-refractivity contribution < 1.29 is 14.3 Å². The fourth-order valence-electron chi connectivity index (χ4n) is 3.05. The first-order valence-corrected chi connectivity index (χ1v) is 9.07. The van der Waals surface area contributed by atoms with E-state index < -0.39 is 0 Å². The summed E-state index contributed by atoms with van der Waals surface area (Å²) >= 11 is 3.47. The summed E-state index contributed by atoms with van der Waals surface area (Å²) in [6, 6.07) is 3.83. The number of likely N-dealkylation sites (tertiary alicyclic amines) is 1. The average Bonchev–Trinajstić information content (AvgIpc) is 3.17. The minimum absolute atomic E-state index is 0.000844. The van der Waals surface area contributed by atoms with Gasteiger partial charge in [0.05, 0.1) is 24.2 Å². The third kappa shape index (κ3) is 3.78. The summed E-state index contributed by atoms with van der Waals surface area (Å²) in [5.74, 6) is 1.17. The number of piperidine rings is 1. The van der Waals surface area contributed by atoms with Crippen molar-refractivity contribution in [2.24, 2.45) is 0 Å². The molecule has 0 bridgehead atoms. The molecule has 134 valence electrons. The first kappa shape index (κ1) is 17.7. The maximum absolute atomic E-state index is 12.9. The molecule has 0 saturated carbocycles. The summed E-state index contributed by atoms with van der Waals surface area (Å²) in [5.41, 5.74) is 0.589. The van der Waals surface area contributed by atoms with E-state index in [-0.39, 0.29) is 5.91 Å². The van der Waals surface area contributed by atoms with Gasteiger partial charge < -0.3 is 14.4 Å². The van der Waals surface area contributed by atoms with Crippen LogP contribution < -0.4 is 9.47 Å². The summed E-state index contributed by atoms with van der Waals surface area (Å²) < 4.78 is 13.6. The number of hydrogen-bond donors (Lipinski definition) is 0. The number of nitrogens with zero attached hydrogens (tertiary/aromatic N) is 4. The molecule has 0 unspecified atom stereocenters. The molecule has 1 aromatic carbocycles. The Balaban J connectivity index is 1.72. The van der Waals surface area contributed by atoms with Crippen LogP contribution in [-0.2, 0) is 0 Å². The number of methoxy groups -OCH3 is 1. The van der Waals surface area contributed by atoms with Gasteiger partial charge in [-0.25, -0.2) is 9.67 Å². The van der Waals surface area contributed by atoms with Crippen molar-refractivity contribution >= 4 is 21.8 Å². The van der Waals surface area contributed by atoms with Crippen LogP contribution in [0.1, 0.15) is 36.2 Å². The predicted molar refractivity (Wildman–Crippen MR) is 96.1 cm³/mol. The van der Waals surface area contributed by atoms with Gasteiger partial charge in [-0.05, 0) is 47.8 Å². The van der Waals surface area contributed by atoms with Crippen molar-refractivity contribution in [2.75, 3.05) is 26.8 Å². The number of halogens is 1. The van der Waals surface area contributed by atoms with E-state index in [4.69, 9.17) is 9.47 Å². The number of rotatable bonds is 5. The molecule has 1 aromatic heterocycles. The SMILES string of the molecule is CCOc1c(Br)cc(C(=O)N2CCC(n3cncn3)CC2)cc1OC. The molecule has 2 heterocycles. The Bertz CT molecular complexity index is 728. The fourth-order valence-corrected chi connectivity index (χ4v) is 3.61. The first-order chi connectivity index (χ1) is 12.1. The Morgan fingerprint density at radius 2 is 2.12 bits per heavy atom. The molecule has 7 nitrogen and oxygen atoms in total. The molecule has 0 atom stereocenters. The normalized spacial score (nSPS) is 15.2. The van der Waals surface area contributed by atoms with Crippen molar-refractivity contribution in [1.82, 2.24) is 19.7 Å². The maximum Gasteiger partial charge on any atom is 0.254 e. The minimum atomic E-state index is -0.000844. The Labute approximate surface area is 155 Å². The molecule has 1 aliphatic heterocycles. The standard InChI is InChI=1S/C17H21BrN4O3/c1-3-25-16-14(18)8-12(9-15(16)24-2)17(23)21-6-4-13(5-7-21)22-11-19-10-20-22/h8-11,13H,3-7H2,1-2H3. The Kier molecular flexibility index (Phi) is 5.57. The highest BCUT2D eigenvalue weighted by Gasteiger charge is 2.26. The molecule has 8 heteroatoms. The van der Waals surface area contributed by atoms with Gasteiger partial charge in [0, 0.05) is 18.7 Å². The predicted octanol–water partition coefficient (Wildman–Crippen LogP) is 2.93. The van der Waals surface area contributed by atoms with Crippen molar-refractivity contribution in [3.05, 3.63) is 34.8 Å². The number of amides is 1. The maximum atomic E-state index is 12.9. The van der Waals surface area contributed by atoms with E-state index >= 15 is 0 Å². The minimum Gasteiger partial charge on any atom is -0.493 e. The van der Waals surface area contributed by atoms with E-state index in [0.717, 1.165) is 17.3 Å². The van der Waals surface area contributed by atoms with E-state index in [9.17, 15) is 4.79 Å². The van der Waals surface area contributed by atoms with Gasteiger partial charge in [-0.3, -0.25) is 4.79 Å². The number of carbonyl (C=O) groups excluding carboxylic acids is 1. The van der Waals surface area contributed by atoms with Gasteiger partial charge in [0.15, 0.2) is 11.5 Å². The fraction of sp³-hybridized carbons (Fsp3) is 0.471. The van der Waals surface area contributed by atoms with Crippen LogP contribution in [0.15, 0.2) is 29.3 Å². The Hall–Kier alpha value is -2.09. The highest BCUT2D eigenvalue weighted by atomic mass is 79.9. The molecule has 0 aliphatic carbocycles. The molecule has 3 rings (SSSR count). The van der Waals surface area contributed by atoms with Crippen molar-refractivity contribution in [3.8, 4) is 11.5 Å². The summed E-state index contributed by atoms with van der Waals surface area (Å²) in [5, 5.41) is 4.19. The third-order valence-corrected chi connectivity index (χ3v) is 4.92. The van der Waals surface area contributed by atoms with Gasteiger partial charge in [-0.1, -0.05) is 0 Å². The molecule has 1 fully saturated rings. The van der Waals surface area contributed by atoms with E-state index in [1.807, 2.05) is 16.5 Å². The van der Waals surface area contributed by atoms with Gasteiger partial charge in [0.1, 0.15) is 12.7 Å². The number of ether oxygens (including phenoxy) is 2. The summed E-state index contributed by atoms with van der Waals surface area (Å²) in [6.07, 6.45) is 5.01. The zero-order chi connectivity index (χ0) is 17.8. The van der Waals surface area contributed by atoms with Crippen LogP contribution in [0.25, 0.3) is 0 Å². The van der Waals surface area contributed by atoms with Gasteiger partial charge in [-0.15, -0.1) is 0 Å². The lowest BCUT2D eigenvalue weighted by atomic mass is 10.0. The third-order valence-electron chi connectivity index (χ3n) is 4.33. The molecular formula is C17H21BrN4O3. The lowest BCUT2D eigenvalue weighted by Gasteiger charge is -2.32. The van der Waals surface area contributed by atoms with Gasteiger partial charge >= 0.3 is 0 Å². The van der Waals surface area contributed by atoms with Gasteiger partial charge in [-0.2, -0.15) is 5.10 Å². The van der Waals surface area contributed by atoms with Crippen LogP contribution in [0, 0.1) is 0 Å². The lowest BCUT2D eigenvalue weighted by molar-refractivity contribution is 0.0689. The molecule has 25 heavy (non-hydrogen) atoms. The number of carbonyl (C=O) groups is 1. The summed E-state index contributed by atoms with van der Waals surface area (Å²) in [4.78, 5) is 18.7. The zero-order valence-electron chi connectivity index (χ0n) is 14.3. The van der Waals surface area contributed by atoms with Gasteiger partial charge in [0.25, 0.3) is 5.91 Å². The zero-order valence-corrected chi connectivity index (χ0v) is 15.9. The number of benzene rings is 1. The molecule has 1 amide bonds. The van der Waals surface area contributed by atoms with Crippen molar-refractivity contribution in [2.45, 2.75) is 25.8 Å². The quantitative estimate of drug-likeness (QED) is 0.760. The second-order valence-corrected chi connectivity index (χ2v) is 6.68. The Morgan fingerprint density at radius 1 is 1.36 bits per heavy atom. The van der Waals surface area contributed by atoms with Gasteiger partial charge in [0.2, 0.25) is 0 Å². The van der Waals surface area contributed by atoms with Crippen LogP contribution in [0.2, 0.25) is 0 Å². The van der Waals surface area contributed by atoms with Crippen LogP contribution in [0.5, 0.6) is 11.5 Å². The van der Waals surface area contributed by atoms with E-state index in [0.29, 0.717) is 42.8 Å². The molecule has 1 saturated heterocycles. The monoisotopic (exact) mass is 408 g/mol. The molecule has 0 N–H and O–H groups in total. The van der Waals surface area contributed by atoms with Crippen LogP contribution in [0.3, 0.4) is 0 Å². The molecule has 0 radical (unpaired) electrons. The van der Waals surface area contributed by atoms with Crippen LogP contribution >= 0.6 is 15.9 Å². The van der Waals surface area contributed by atoms with E-state index in [2.05, 4.69) is 26.0 Å². The lowest BCUT2D eigenvalue weighted by Crippen LogP contribution is -2.39. The Morgan fingerprint density at radius 3 is 2.72 bits per heavy atom. The molecule has 2 aromatic rings. The summed E-state index contributed by atoms with van der Waals surface area (Å²) in [6.45, 7) is 3.81. The highest BCUT2D eigenvalue weighted by Crippen LogP contribution is 2.37.